The second kappa shape index (κ2) is 3.76. The van der Waals surface area contributed by atoms with Crippen LogP contribution < -0.4 is 5.73 Å². The van der Waals surface area contributed by atoms with Crippen molar-refractivity contribution in [3.63, 3.8) is 0 Å². The number of hydrogen-bond donors (Lipinski definition) is 1. The van der Waals surface area contributed by atoms with Gasteiger partial charge in [-0.15, -0.1) is 0 Å². The molecule has 6 nitrogen and oxygen atoms in total. The number of hydrogen-bond acceptors (Lipinski definition) is 6. The Morgan fingerprint density at radius 2 is 1.94 bits per heavy atom. The van der Waals surface area contributed by atoms with Crippen LogP contribution in [0.15, 0.2) is 4.52 Å². The lowest BCUT2D eigenvalue weighted by Gasteiger charge is -2.32. The molecule has 0 spiro atoms. The van der Waals surface area contributed by atoms with Crippen LogP contribution in [0.25, 0.3) is 0 Å². The van der Waals surface area contributed by atoms with Gasteiger partial charge < -0.3 is 19.7 Å². The number of ether oxygens (including phenoxy) is 2. The molecule has 1 aromatic rings. The van der Waals surface area contributed by atoms with Gasteiger partial charge in [0.1, 0.15) is 5.60 Å². The molecule has 1 aliphatic carbocycles. The average Bonchev–Trinajstić information content (AvgIpc) is 2.94. The van der Waals surface area contributed by atoms with Crippen molar-refractivity contribution in [1.29, 1.82) is 0 Å². The van der Waals surface area contributed by atoms with Crippen molar-refractivity contribution in [3.8, 4) is 0 Å². The maximum atomic E-state index is 6.03. The summed E-state index contributed by atoms with van der Waals surface area (Å²) in [5.41, 5.74) is 5.18. The second-order valence-corrected chi connectivity index (χ2v) is 4.89. The molecule has 2 heterocycles. The summed E-state index contributed by atoms with van der Waals surface area (Å²) in [4.78, 5) is 4.43. The molecule has 2 aliphatic rings. The first-order valence-electron chi connectivity index (χ1n) is 5.95. The van der Waals surface area contributed by atoms with E-state index in [4.69, 9.17) is 19.7 Å². The van der Waals surface area contributed by atoms with Gasteiger partial charge in [0.25, 0.3) is 0 Å². The Bertz CT molecular complexity index is 408. The minimum Gasteiger partial charge on any atom is -0.381 e. The van der Waals surface area contributed by atoms with E-state index in [9.17, 15) is 0 Å². The van der Waals surface area contributed by atoms with Gasteiger partial charge in [-0.3, -0.25) is 0 Å². The van der Waals surface area contributed by atoms with Crippen LogP contribution in [0.4, 0.5) is 0 Å². The van der Waals surface area contributed by atoms with Crippen molar-refractivity contribution < 1.29 is 14.0 Å². The highest BCUT2D eigenvalue weighted by Crippen LogP contribution is 2.43. The fourth-order valence-electron chi connectivity index (χ4n) is 2.18. The van der Waals surface area contributed by atoms with Crippen molar-refractivity contribution in [1.82, 2.24) is 10.1 Å². The molecule has 0 atom stereocenters. The summed E-state index contributed by atoms with van der Waals surface area (Å²) >= 11 is 0. The van der Waals surface area contributed by atoms with E-state index >= 15 is 0 Å². The third kappa shape index (κ3) is 1.76. The molecule has 1 aromatic heterocycles. The predicted molar refractivity (Wildman–Crippen MR) is 58.1 cm³/mol. The highest BCUT2D eigenvalue weighted by atomic mass is 16.5. The maximum absolute atomic E-state index is 6.03. The zero-order valence-electron chi connectivity index (χ0n) is 9.94. The molecule has 0 radical (unpaired) electrons. The topological polar surface area (TPSA) is 83.4 Å². The first kappa shape index (κ1) is 11.1. The van der Waals surface area contributed by atoms with Gasteiger partial charge in [0.05, 0.1) is 5.54 Å². The lowest BCUT2D eigenvalue weighted by molar-refractivity contribution is -0.101. The van der Waals surface area contributed by atoms with E-state index in [1.807, 2.05) is 0 Å². The van der Waals surface area contributed by atoms with E-state index < -0.39 is 5.60 Å². The van der Waals surface area contributed by atoms with E-state index in [-0.39, 0.29) is 5.54 Å². The van der Waals surface area contributed by atoms with Crippen molar-refractivity contribution >= 4 is 0 Å². The molecule has 1 aliphatic heterocycles. The molecular weight excluding hydrogens is 222 g/mol. The molecule has 0 bridgehead atoms. The third-order valence-electron chi connectivity index (χ3n) is 3.74. The SMILES string of the molecule is COC1(c2noc(C3(N)CC3)n2)CCOCC1. The highest BCUT2D eigenvalue weighted by Gasteiger charge is 2.47. The van der Waals surface area contributed by atoms with Gasteiger partial charge in [0.2, 0.25) is 11.7 Å². The van der Waals surface area contributed by atoms with Crippen LogP contribution >= 0.6 is 0 Å². The number of nitrogens with zero attached hydrogens (tertiary/aromatic N) is 2. The average molecular weight is 239 g/mol. The Morgan fingerprint density at radius 1 is 1.24 bits per heavy atom. The summed E-state index contributed by atoms with van der Waals surface area (Å²) < 4.78 is 16.2. The first-order chi connectivity index (χ1) is 8.19. The third-order valence-corrected chi connectivity index (χ3v) is 3.74. The van der Waals surface area contributed by atoms with Crippen LogP contribution in [0.1, 0.15) is 37.4 Å². The normalized spacial score (nSPS) is 25.8. The van der Waals surface area contributed by atoms with Crippen LogP contribution in [0, 0.1) is 0 Å². The quantitative estimate of drug-likeness (QED) is 0.834. The molecule has 0 amide bonds. The Hall–Kier alpha value is -0.980. The summed E-state index contributed by atoms with van der Waals surface area (Å²) in [6.45, 7) is 1.32. The molecule has 1 saturated carbocycles. The summed E-state index contributed by atoms with van der Waals surface area (Å²) in [6.07, 6.45) is 3.33. The molecule has 0 unspecified atom stereocenters. The van der Waals surface area contributed by atoms with Gasteiger partial charge in [-0.05, 0) is 12.8 Å². The fraction of sp³-hybridized carbons (Fsp3) is 0.818. The molecule has 2 N–H and O–H groups in total. The van der Waals surface area contributed by atoms with Crippen LogP contribution in [-0.4, -0.2) is 30.5 Å². The van der Waals surface area contributed by atoms with E-state index in [2.05, 4.69) is 10.1 Å². The van der Waals surface area contributed by atoms with Crippen molar-refractivity contribution in [2.45, 2.75) is 36.8 Å². The predicted octanol–water partition coefficient (Wildman–Crippen LogP) is 0.669. The summed E-state index contributed by atoms with van der Waals surface area (Å²) in [7, 11) is 1.68. The first-order valence-corrected chi connectivity index (χ1v) is 5.95. The lowest BCUT2D eigenvalue weighted by Crippen LogP contribution is -2.36. The monoisotopic (exact) mass is 239 g/mol. The van der Waals surface area contributed by atoms with Gasteiger partial charge in [-0.1, -0.05) is 5.16 Å². The number of rotatable bonds is 3. The minimum absolute atomic E-state index is 0.384. The molecular formula is C11H17N3O3. The number of nitrogens with two attached hydrogens (primary N) is 1. The second-order valence-electron chi connectivity index (χ2n) is 4.89. The van der Waals surface area contributed by atoms with Gasteiger partial charge in [0, 0.05) is 33.2 Å². The van der Waals surface area contributed by atoms with Gasteiger partial charge in [0.15, 0.2) is 0 Å². The standard InChI is InChI=1S/C11H17N3O3/c1-15-11(4-6-16-7-5-11)8-13-9(17-14-8)10(12)2-3-10/h2-7,12H2,1H3. The number of aromatic nitrogens is 2. The van der Waals surface area contributed by atoms with Crippen LogP contribution in [0.3, 0.4) is 0 Å². The van der Waals surface area contributed by atoms with Crippen molar-refractivity contribution in [3.05, 3.63) is 11.7 Å². The zero-order chi connectivity index (χ0) is 11.9. The zero-order valence-corrected chi connectivity index (χ0v) is 9.94. The summed E-state index contributed by atoms with van der Waals surface area (Å²) in [6, 6.07) is 0. The Kier molecular flexibility index (Phi) is 2.46. The van der Waals surface area contributed by atoms with Crippen LogP contribution in [0.2, 0.25) is 0 Å². The largest absolute Gasteiger partial charge is 0.381 e. The minimum atomic E-state index is -0.467. The Labute approximate surface area is 99.5 Å². The fourth-order valence-corrected chi connectivity index (χ4v) is 2.18. The van der Waals surface area contributed by atoms with Gasteiger partial charge in [-0.2, -0.15) is 4.98 Å². The molecule has 1 saturated heterocycles. The molecule has 17 heavy (non-hydrogen) atoms. The maximum Gasteiger partial charge on any atom is 0.246 e. The van der Waals surface area contributed by atoms with Crippen LogP contribution in [-0.2, 0) is 20.6 Å². The van der Waals surface area contributed by atoms with Crippen molar-refractivity contribution in [2.24, 2.45) is 5.73 Å². The molecule has 2 fully saturated rings. The van der Waals surface area contributed by atoms with Gasteiger partial charge >= 0.3 is 0 Å². The lowest BCUT2D eigenvalue weighted by atomic mass is 9.93. The van der Waals surface area contributed by atoms with Gasteiger partial charge in [-0.25, -0.2) is 0 Å². The van der Waals surface area contributed by atoms with E-state index in [0.29, 0.717) is 24.9 Å². The molecule has 94 valence electrons. The Morgan fingerprint density at radius 3 is 2.53 bits per heavy atom. The summed E-state index contributed by atoms with van der Waals surface area (Å²) in [5, 5.41) is 4.04. The number of methoxy groups -OCH3 is 1. The Balaban J connectivity index is 1.88. The van der Waals surface area contributed by atoms with E-state index in [1.165, 1.54) is 0 Å². The highest BCUT2D eigenvalue weighted by molar-refractivity contribution is 5.14. The van der Waals surface area contributed by atoms with Crippen molar-refractivity contribution in [2.75, 3.05) is 20.3 Å². The molecule has 0 aromatic carbocycles. The smallest absolute Gasteiger partial charge is 0.246 e. The molecule has 3 rings (SSSR count). The van der Waals surface area contributed by atoms with E-state index in [1.54, 1.807) is 7.11 Å². The van der Waals surface area contributed by atoms with Crippen LogP contribution in [0.5, 0.6) is 0 Å². The molecule has 6 heteroatoms. The van der Waals surface area contributed by atoms with E-state index in [0.717, 1.165) is 25.7 Å². The summed E-state index contributed by atoms with van der Waals surface area (Å²) in [5.74, 6) is 1.14.